The highest BCUT2D eigenvalue weighted by molar-refractivity contribution is 6.52. The number of aliphatic hydroxyl groups is 2. The number of carbonyl (C=O) groups is 2. The molecule has 0 rings (SSSR count). The van der Waals surface area contributed by atoms with Crippen LogP contribution in [0.25, 0.3) is 0 Å². The molecule has 0 radical (unpaired) electrons. The van der Waals surface area contributed by atoms with E-state index in [0.717, 1.165) is 0 Å². The number of hydrogen-bond donors (Lipinski definition) is 6. The van der Waals surface area contributed by atoms with E-state index in [0.29, 0.717) is 12.8 Å². The van der Waals surface area contributed by atoms with Crippen molar-refractivity contribution in [3.05, 3.63) is 0 Å². The van der Waals surface area contributed by atoms with Crippen molar-refractivity contribution in [1.29, 1.82) is 21.0 Å². The fraction of sp³-hybridized carbons (Fsp3) is 0.829. The number of nitrogens with zero attached hydrogens (tertiary/aromatic N) is 4. The van der Waals surface area contributed by atoms with Crippen LogP contribution in [0.1, 0.15) is 86.5 Å². The quantitative estimate of drug-likeness (QED) is 0.0210. The van der Waals surface area contributed by atoms with E-state index in [4.69, 9.17) is 47.2 Å². The van der Waals surface area contributed by atoms with Gasteiger partial charge in [-0.1, -0.05) is 0 Å². The lowest BCUT2D eigenvalue weighted by molar-refractivity contribution is -0.169. The summed E-state index contributed by atoms with van der Waals surface area (Å²) in [6.45, 7) is 8.01. The van der Waals surface area contributed by atoms with E-state index in [9.17, 15) is 49.5 Å². The van der Waals surface area contributed by atoms with Gasteiger partial charge in [0.2, 0.25) is 0 Å². The Morgan fingerprint density at radius 2 is 0.967 bits per heavy atom. The Kier molecular flexibility index (Phi) is 24.9. The zero-order valence-corrected chi connectivity index (χ0v) is 47.3. The van der Waals surface area contributed by atoms with Crippen LogP contribution < -0.4 is 0 Å². The molecular formula is C35H68N4O16Si6. The summed E-state index contributed by atoms with van der Waals surface area (Å²) in [5, 5.41) is 52.2. The van der Waals surface area contributed by atoms with E-state index in [1.54, 1.807) is 27.7 Å². The second-order valence-electron chi connectivity index (χ2n) is 17.5. The number of rotatable bonds is 32. The fourth-order valence-corrected chi connectivity index (χ4v) is 15.1. The largest absolute Gasteiger partial charge is 0.674 e. The van der Waals surface area contributed by atoms with Gasteiger partial charge in [0, 0.05) is 70.9 Å². The number of esters is 2. The second-order valence-corrected chi connectivity index (χ2v) is 27.8. The van der Waals surface area contributed by atoms with E-state index < -0.39 is 73.6 Å². The summed E-state index contributed by atoms with van der Waals surface area (Å²) in [5.74, 6) is -2.05. The fourth-order valence-electron chi connectivity index (χ4n) is 6.30. The van der Waals surface area contributed by atoms with Gasteiger partial charge in [0.25, 0.3) is 0 Å². The predicted octanol–water partition coefficient (Wildman–Crippen LogP) is -4.61. The number of hydrogen-bond acceptors (Lipinski definition) is 20. The number of ether oxygens (including phenoxy) is 4. The van der Waals surface area contributed by atoms with Crippen LogP contribution in [0, 0.1) is 68.0 Å². The minimum atomic E-state index is -5.06. The van der Waals surface area contributed by atoms with Crippen LogP contribution in [0.5, 0.6) is 0 Å². The van der Waals surface area contributed by atoms with Crippen molar-refractivity contribution < 1.29 is 75.6 Å². The zero-order chi connectivity index (χ0) is 47.4. The molecule has 0 aliphatic rings. The van der Waals surface area contributed by atoms with Crippen molar-refractivity contribution in [3.63, 3.8) is 0 Å². The maximum atomic E-state index is 12.6. The van der Waals surface area contributed by atoms with Gasteiger partial charge in [-0.15, -0.1) is 0 Å². The third-order valence-electron chi connectivity index (χ3n) is 9.87. The molecule has 0 amide bonds. The lowest BCUT2D eigenvalue weighted by atomic mass is 9.81. The molecule has 0 bridgehead atoms. The summed E-state index contributed by atoms with van der Waals surface area (Å²) < 4.78 is 43.3. The van der Waals surface area contributed by atoms with Gasteiger partial charge < -0.3 is 66.0 Å². The van der Waals surface area contributed by atoms with Gasteiger partial charge in [0.15, 0.2) is 0 Å². The molecule has 20 nitrogen and oxygen atoms in total. The molecule has 0 heterocycles. The summed E-state index contributed by atoms with van der Waals surface area (Å²) >= 11 is 0. The smallest absolute Gasteiger partial charge is 0.463 e. The molecular weight excluding hydrogens is 901 g/mol. The van der Waals surface area contributed by atoms with Gasteiger partial charge in [-0.25, -0.2) is 0 Å². The average molecular weight is 969 g/mol. The van der Waals surface area contributed by atoms with Crippen molar-refractivity contribution in [2.75, 3.05) is 52.9 Å². The maximum absolute atomic E-state index is 12.6. The zero-order valence-electron chi connectivity index (χ0n) is 37.3. The Labute approximate surface area is 373 Å². The first kappa shape index (κ1) is 58.7. The third kappa shape index (κ3) is 22.3. The van der Waals surface area contributed by atoms with E-state index in [2.05, 4.69) is 12.1 Å². The molecule has 0 aliphatic carbocycles. The van der Waals surface area contributed by atoms with Crippen LogP contribution in [0.4, 0.5) is 0 Å². The summed E-state index contributed by atoms with van der Waals surface area (Å²) in [4.78, 5) is 68.5. The van der Waals surface area contributed by atoms with Gasteiger partial charge in [0.05, 0.1) is 90.4 Å². The molecule has 0 spiro atoms. The Morgan fingerprint density at radius 3 is 1.31 bits per heavy atom. The van der Waals surface area contributed by atoms with Gasteiger partial charge in [-0.2, -0.15) is 21.0 Å². The van der Waals surface area contributed by atoms with Crippen LogP contribution in [0.2, 0.25) is 0 Å². The van der Waals surface area contributed by atoms with Crippen molar-refractivity contribution >= 4 is 71.0 Å². The topological polar surface area (TPSA) is 325 Å². The van der Waals surface area contributed by atoms with Gasteiger partial charge in [-0.05, 0) is 73.6 Å². The lowest BCUT2D eigenvalue weighted by Gasteiger charge is -2.54. The van der Waals surface area contributed by atoms with Crippen LogP contribution in [-0.2, 0) is 46.2 Å². The molecule has 61 heavy (non-hydrogen) atoms. The highest BCUT2D eigenvalue weighted by Gasteiger charge is 2.62. The summed E-state index contributed by atoms with van der Waals surface area (Å²) in [7, 11) is -10.2. The molecule has 0 saturated carbocycles. The van der Waals surface area contributed by atoms with E-state index in [1.165, 1.54) is 13.8 Å². The van der Waals surface area contributed by atoms with Gasteiger partial charge >= 0.3 is 30.0 Å². The highest BCUT2D eigenvalue weighted by atomic mass is 28.4. The van der Waals surface area contributed by atoms with E-state index in [-0.39, 0.29) is 126 Å². The Bertz CT molecular complexity index is 1560. The summed E-state index contributed by atoms with van der Waals surface area (Å²) in [6, 6.07) is 8.19. The van der Waals surface area contributed by atoms with Gasteiger partial charge in [-0.3, -0.25) is 9.59 Å². The molecule has 26 heteroatoms. The molecule has 348 valence electrons. The summed E-state index contributed by atoms with van der Waals surface area (Å²) in [6.07, 6.45) is 1.25. The lowest BCUT2D eigenvalue weighted by Crippen LogP contribution is -2.75. The molecule has 6 N–H and O–H groups in total. The maximum Gasteiger partial charge on any atom is 0.674 e. The SMILES string of the molecule is CC(C)(CC(C#N)CCC#N)C(=O)OCCOCCO[Si](O)(O)OC(C)([SiH3])[C@](O)([SiH3])C([SiH3])(C[C@](C)(O)[SiH3])O[Si](O)(O)OCCOCCOC(=O)C(C)(C)CC(C#N)CCC#N. The highest BCUT2D eigenvalue weighted by Crippen LogP contribution is 2.39. The Hall–Kier alpha value is -2.28. The van der Waals surface area contributed by atoms with Crippen LogP contribution >= 0.6 is 0 Å². The standard InChI is InChI=1S/C35H68N4O16Si6/c1-30(2,21-26(23-38)9-7-11-36)28(40)50-17-13-48-15-19-52-60(44,45)54-33(6,57)35(43,59)34(58,25-32(5,42)56)55-61(46,47)53-20-16-49-14-18-51-29(41)31(3,4)22-27(24-39)10-8-12-37/h26-27,42-47H,7-10,13-22,25H2,1-6,56-59H3/t26?,27?,32-,33?,34?,35+/m1/s1. The van der Waals surface area contributed by atoms with Gasteiger partial charge in [0.1, 0.15) is 13.2 Å². The normalized spacial score (nSPS) is 17.6. The van der Waals surface area contributed by atoms with Crippen molar-refractivity contribution in [3.8, 4) is 24.3 Å². The third-order valence-corrected chi connectivity index (χ3v) is 20.7. The first-order valence-electron chi connectivity index (χ1n) is 19.9. The van der Waals surface area contributed by atoms with Crippen molar-refractivity contribution in [2.24, 2.45) is 22.7 Å². The molecule has 0 fully saturated rings. The number of nitriles is 4. The minimum absolute atomic E-state index is 0.0550. The monoisotopic (exact) mass is 968 g/mol. The summed E-state index contributed by atoms with van der Waals surface area (Å²) in [5.41, 5.74) is -1.95. The average Bonchev–Trinajstić information content (AvgIpc) is 3.12. The van der Waals surface area contributed by atoms with Crippen molar-refractivity contribution in [1.82, 2.24) is 0 Å². The van der Waals surface area contributed by atoms with E-state index in [1.807, 2.05) is 12.1 Å². The molecule has 0 aromatic heterocycles. The second kappa shape index (κ2) is 25.9. The molecule has 4 unspecified atom stereocenters. The van der Waals surface area contributed by atoms with E-state index >= 15 is 0 Å². The van der Waals surface area contributed by atoms with Crippen LogP contribution in [-0.4, -0.2) is 174 Å². The van der Waals surface area contributed by atoms with Crippen molar-refractivity contribution in [2.45, 2.75) is 107 Å². The molecule has 0 saturated heterocycles. The van der Waals surface area contributed by atoms with Crippen LogP contribution in [0.15, 0.2) is 0 Å². The predicted molar refractivity (Wildman–Crippen MR) is 234 cm³/mol. The minimum Gasteiger partial charge on any atom is -0.463 e. The Morgan fingerprint density at radius 1 is 0.607 bits per heavy atom. The number of carbonyl (C=O) groups excluding carboxylic acids is 2. The molecule has 0 aromatic rings. The molecule has 0 aromatic carbocycles. The molecule has 0 aliphatic heterocycles. The van der Waals surface area contributed by atoms with Crippen LogP contribution in [0.3, 0.4) is 0 Å². The molecule has 6 atom stereocenters. The first-order valence-corrected chi connectivity index (χ1v) is 27.3. The first-order chi connectivity index (χ1) is 27.9. The Balaban J connectivity index is 5.23.